The SMILES string of the molecule is CCCN1CC(CC)Oc2ccc(CC(C)N)cc21. The standard InChI is InChI=1S/C16H26N2O/c1-4-8-18-11-14(5-2)19-16-7-6-13(9-12(3)17)10-15(16)18/h6-7,10,12,14H,4-5,8-9,11,17H2,1-3H3. The quantitative estimate of drug-likeness (QED) is 0.886. The highest BCUT2D eigenvalue weighted by Gasteiger charge is 2.24. The van der Waals surface area contributed by atoms with Crippen molar-refractivity contribution in [2.75, 3.05) is 18.0 Å². The molecule has 2 atom stereocenters. The summed E-state index contributed by atoms with van der Waals surface area (Å²) in [5, 5.41) is 0. The molecule has 1 aromatic carbocycles. The Morgan fingerprint density at radius 2 is 2.21 bits per heavy atom. The molecule has 2 unspecified atom stereocenters. The molecule has 106 valence electrons. The molecule has 0 saturated carbocycles. The van der Waals surface area contributed by atoms with Gasteiger partial charge in [0.05, 0.1) is 12.2 Å². The zero-order valence-electron chi connectivity index (χ0n) is 12.4. The summed E-state index contributed by atoms with van der Waals surface area (Å²) in [6.07, 6.45) is 3.46. The van der Waals surface area contributed by atoms with Crippen molar-refractivity contribution in [3.05, 3.63) is 23.8 Å². The number of nitrogens with two attached hydrogens (primary N) is 1. The molecule has 1 heterocycles. The first-order valence-corrected chi connectivity index (χ1v) is 7.44. The van der Waals surface area contributed by atoms with Gasteiger partial charge in [-0.1, -0.05) is 19.9 Å². The number of nitrogens with zero attached hydrogens (tertiary/aromatic N) is 1. The minimum Gasteiger partial charge on any atom is -0.486 e. The van der Waals surface area contributed by atoms with Crippen molar-refractivity contribution in [3.8, 4) is 5.75 Å². The average molecular weight is 262 g/mol. The summed E-state index contributed by atoms with van der Waals surface area (Å²) in [5.74, 6) is 1.03. The number of fused-ring (bicyclic) bond motifs is 1. The van der Waals surface area contributed by atoms with Gasteiger partial charge in [0, 0.05) is 12.6 Å². The second kappa shape index (κ2) is 6.29. The number of hydrogen-bond acceptors (Lipinski definition) is 3. The zero-order chi connectivity index (χ0) is 13.8. The molecule has 0 radical (unpaired) electrons. The highest BCUT2D eigenvalue weighted by molar-refractivity contribution is 5.61. The summed E-state index contributed by atoms with van der Waals surface area (Å²) in [5.41, 5.74) is 8.43. The van der Waals surface area contributed by atoms with Gasteiger partial charge in [-0.05, 0) is 43.9 Å². The fourth-order valence-corrected chi connectivity index (χ4v) is 2.66. The Bertz CT molecular complexity index is 417. The van der Waals surface area contributed by atoms with Gasteiger partial charge in [0.15, 0.2) is 0 Å². The van der Waals surface area contributed by atoms with Gasteiger partial charge in [-0.15, -0.1) is 0 Å². The first kappa shape index (κ1) is 14.2. The average Bonchev–Trinajstić information content (AvgIpc) is 2.38. The third-order valence-electron chi connectivity index (χ3n) is 3.59. The fourth-order valence-electron chi connectivity index (χ4n) is 2.66. The van der Waals surface area contributed by atoms with E-state index >= 15 is 0 Å². The van der Waals surface area contributed by atoms with E-state index in [1.807, 2.05) is 6.92 Å². The third kappa shape index (κ3) is 3.41. The van der Waals surface area contributed by atoms with E-state index in [-0.39, 0.29) is 6.04 Å². The minimum absolute atomic E-state index is 0.200. The van der Waals surface area contributed by atoms with Crippen LogP contribution in [0.3, 0.4) is 0 Å². The first-order valence-electron chi connectivity index (χ1n) is 7.44. The number of rotatable bonds is 5. The summed E-state index contributed by atoms with van der Waals surface area (Å²) in [6, 6.07) is 6.70. The lowest BCUT2D eigenvalue weighted by Gasteiger charge is -2.36. The molecule has 3 heteroatoms. The van der Waals surface area contributed by atoms with Crippen LogP contribution in [0, 0.1) is 0 Å². The molecule has 0 amide bonds. The topological polar surface area (TPSA) is 38.5 Å². The van der Waals surface area contributed by atoms with Crippen LogP contribution in [0.4, 0.5) is 5.69 Å². The second-order valence-corrected chi connectivity index (χ2v) is 5.58. The smallest absolute Gasteiger partial charge is 0.143 e. The number of benzene rings is 1. The van der Waals surface area contributed by atoms with Crippen LogP contribution >= 0.6 is 0 Å². The van der Waals surface area contributed by atoms with Crippen LogP contribution in [-0.2, 0) is 6.42 Å². The Balaban J connectivity index is 2.26. The Morgan fingerprint density at radius 1 is 1.42 bits per heavy atom. The van der Waals surface area contributed by atoms with Crippen LogP contribution in [0.15, 0.2) is 18.2 Å². The summed E-state index contributed by atoms with van der Waals surface area (Å²) in [6.45, 7) is 8.55. The lowest BCUT2D eigenvalue weighted by Crippen LogP contribution is -2.40. The van der Waals surface area contributed by atoms with E-state index in [1.165, 1.54) is 11.3 Å². The summed E-state index contributed by atoms with van der Waals surface area (Å²) in [4.78, 5) is 2.46. The number of hydrogen-bond donors (Lipinski definition) is 1. The summed E-state index contributed by atoms with van der Waals surface area (Å²) < 4.78 is 6.04. The van der Waals surface area contributed by atoms with E-state index in [4.69, 9.17) is 10.5 Å². The summed E-state index contributed by atoms with van der Waals surface area (Å²) in [7, 11) is 0. The van der Waals surface area contributed by atoms with Crippen molar-refractivity contribution in [3.63, 3.8) is 0 Å². The Hall–Kier alpha value is -1.22. The molecule has 3 nitrogen and oxygen atoms in total. The molecule has 1 aromatic rings. The van der Waals surface area contributed by atoms with Crippen LogP contribution in [-0.4, -0.2) is 25.2 Å². The normalized spacial score (nSPS) is 19.8. The van der Waals surface area contributed by atoms with Crippen molar-refractivity contribution in [2.45, 2.75) is 52.2 Å². The van der Waals surface area contributed by atoms with E-state index in [0.29, 0.717) is 6.10 Å². The molecule has 2 N–H and O–H groups in total. The highest BCUT2D eigenvalue weighted by atomic mass is 16.5. The molecule has 0 saturated heterocycles. The van der Waals surface area contributed by atoms with Crippen molar-refractivity contribution < 1.29 is 4.74 Å². The molecular weight excluding hydrogens is 236 g/mol. The predicted octanol–water partition coefficient (Wildman–Crippen LogP) is 2.96. The molecule has 0 fully saturated rings. The molecule has 0 aliphatic carbocycles. The van der Waals surface area contributed by atoms with Crippen molar-refractivity contribution in [2.24, 2.45) is 5.73 Å². The Labute approximate surface area is 116 Å². The Kier molecular flexibility index (Phi) is 4.70. The van der Waals surface area contributed by atoms with Gasteiger partial charge in [-0.2, -0.15) is 0 Å². The van der Waals surface area contributed by atoms with E-state index in [0.717, 1.165) is 38.1 Å². The van der Waals surface area contributed by atoms with Crippen molar-refractivity contribution >= 4 is 5.69 Å². The number of anilines is 1. The molecular formula is C16H26N2O. The van der Waals surface area contributed by atoms with Crippen molar-refractivity contribution in [1.29, 1.82) is 0 Å². The van der Waals surface area contributed by atoms with Gasteiger partial charge < -0.3 is 15.4 Å². The van der Waals surface area contributed by atoms with Crippen LogP contribution in [0.25, 0.3) is 0 Å². The Morgan fingerprint density at radius 3 is 2.84 bits per heavy atom. The zero-order valence-corrected chi connectivity index (χ0v) is 12.4. The van der Waals surface area contributed by atoms with E-state index < -0.39 is 0 Å². The van der Waals surface area contributed by atoms with Gasteiger partial charge in [0.2, 0.25) is 0 Å². The molecule has 0 spiro atoms. The van der Waals surface area contributed by atoms with Gasteiger partial charge in [0.25, 0.3) is 0 Å². The monoisotopic (exact) mass is 262 g/mol. The van der Waals surface area contributed by atoms with E-state index in [2.05, 4.69) is 36.9 Å². The summed E-state index contributed by atoms with van der Waals surface area (Å²) >= 11 is 0. The van der Waals surface area contributed by atoms with Gasteiger partial charge >= 0.3 is 0 Å². The number of ether oxygens (including phenoxy) is 1. The maximum absolute atomic E-state index is 6.04. The fraction of sp³-hybridized carbons (Fsp3) is 0.625. The van der Waals surface area contributed by atoms with Crippen LogP contribution in [0.5, 0.6) is 5.75 Å². The van der Waals surface area contributed by atoms with Gasteiger partial charge in [-0.25, -0.2) is 0 Å². The second-order valence-electron chi connectivity index (χ2n) is 5.58. The largest absolute Gasteiger partial charge is 0.486 e. The molecule has 0 bridgehead atoms. The molecule has 2 rings (SSSR count). The maximum atomic E-state index is 6.04. The maximum Gasteiger partial charge on any atom is 0.143 e. The third-order valence-corrected chi connectivity index (χ3v) is 3.59. The molecule has 19 heavy (non-hydrogen) atoms. The molecule has 1 aliphatic heterocycles. The van der Waals surface area contributed by atoms with Crippen LogP contribution < -0.4 is 15.4 Å². The van der Waals surface area contributed by atoms with Crippen LogP contribution in [0.2, 0.25) is 0 Å². The van der Waals surface area contributed by atoms with Gasteiger partial charge in [-0.3, -0.25) is 0 Å². The molecule has 1 aliphatic rings. The van der Waals surface area contributed by atoms with Crippen LogP contribution in [0.1, 0.15) is 39.2 Å². The van der Waals surface area contributed by atoms with Gasteiger partial charge in [0.1, 0.15) is 11.9 Å². The van der Waals surface area contributed by atoms with E-state index in [1.54, 1.807) is 0 Å². The van der Waals surface area contributed by atoms with Crippen molar-refractivity contribution in [1.82, 2.24) is 0 Å². The predicted molar refractivity (Wildman–Crippen MR) is 81.0 cm³/mol. The first-order chi connectivity index (χ1) is 9.13. The lowest BCUT2D eigenvalue weighted by molar-refractivity contribution is 0.189. The lowest BCUT2D eigenvalue weighted by atomic mass is 10.0. The van der Waals surface area contributed by atoms with E-state index in [9.17, 15) is 0 Å². The minimum atomic E-state index is 0.200. The molecule has 0 aromatic heterocycles. The highest BCUT2D eigenvalue weighted by Crippen LogP contribution is 2.35.